The summed E-state index contributed by atoms with van der Waals surface area (Å²) in [5, 5.41) is 8.65. The highest BCUT2D eigenvalue weighted by atomic mass is 19.2. The molecule has 0 aromatic heterocycles. The first kappa shape index (κ1) is 13.0. The molecule has 0 heterocycles. The van der Waals surface area contributed by atoms with E-state index in [1.54, 1.807) is 12.1 Å². The van der Waals surface area contributed by atoms with E-state index in [0.29, 0.717) is 5.56 Å². The first-order valence-electron chi connectivity index (χ1n) is 5.74. The first-order valence-corrected chi connectivity index (χ1v) is 5.74. The van der Waals surface area contributed by atoms with E-state index in [1.807, 2.05) is 13.0 Å². The third-order valence-electron chi connectivity index (χ3n) is 2.77. The van der Waals surface area contributed by atoms with Crippen LogP contribution in [0.5, 0.6) is 0 Å². The van der Waals surface area contributed by atoms with Crippen LogP contribution in [0, 0.1) is 18.3 Å². The zero-order chi connectivity index (χ0) is 13.8. The fourth-order valence-corrected chi connectivity index (χ4v) is 1.64. The Morgan fingerprint density at radius 3 is 1.68 bits per heavy atom. The van der Waals surface area contributed by atoms with Crippen LogP contribution in [0.2, 0.25) is 0 Å². The van der Waals surface area contributed by atoms with Gasteiger partial charge >= 0.3 is 0 Å². The van der Waals surface area contributed by atoms with Crippen LogP contribution < -0.4 is 0 Å². The van der Waals surface area contributed by atoms with Crippen molar-refractivity contribution >= 4 is 11.7 Å². The minimum Gasteiger partial charge on any atom is -0.203 e. The van der Waals surface area contributed by atoms with Gasteiger partial charge in [0.15, 0.2) is 11.7 Å². The van der Waals surface area contributed by atoms with Gasteiger partial charge in [-0.2, -0.15) is 5.26 Å². The molecule has 0 amide bonds. The Hall–Kier alpha value is -2.47. The molecule has 0 bridgehead atoms. The van der Waals surface area contributed by atoms with Gasteiger partial charge in [-0.1, -0.05) is 42.0 Å². The van der Waals surface area contributed by atoms with Crippen LogP contribution in [0.3, 0.4) is 0 Å². The molecule has 0 aliphatic heterocycles. The van der Waals surface area contributed by atoms with E-state index in [4.69, 9.17) is 5.26 Å². The second kappa shape index (κ2) is 5.45. The normalized spacial score (nSPS) is 11.7. The molecule has 0 fully saturated rings. The third kappa shape index (κ3) is 2.86. The van der Waals surface area contributed by atoms with Crippen LogP contribution in [0.4, 0.5) is 8.78 Å². The Morgan fingerprint density at radius 1 is 0.842 bits per heavy atom. The Balaban J connectivity index is 2.39. The lowest BCUT2D eigenvalue weighted by Crippen LogP contribution is -1.85. The lowest BCUT2D eigenvalue weighted by atomic mass is 10.1. The summed E-state index contributed by atoms with van der Waals surface area (Å²) in [7, 11) is 0. The molecule has 0 atom stereocenters. The highest BCUT2D eigenvalue weighted by Crippen LogP contribution is 2.28. The second-order valence-corrected chi connectivity index (χ2v) is 4.18. The van der Waals surface area contributed by atoms with Crippen molar-refractivity contribution in [1.29, 1.82) is 5.26 Å². The lowest BCUT2D eigenvalue weighted by molar-refractivity contribution is 0.700. The highest BCUT2D eigenvalue weighted by molar-refractivity contribution is 5.83. The quantitative estimate of drug-likeness (QED) is 0.717. The zero-order valence-electron chi connectivity index (χ0n) is 10.3. The van der Waals surface area contributed by atoms with Gasteiger partial charge in [-0.05, 0) is 19.1 Å². The van der Waals surface area contributed by atoms with E-state index in [1.165, 1.54) is 36.4 Å². The second-order valence-electron chi connectivity index (χ2n) is 4.18. The summed E-state index contributed by atoms with van der Waals surface area (Å²) >= 11 is 0. The number of nitrogens with zero attached hydrogens (tertiary/aromatic N) is 1. The molecule has 2 aromatic carbocycles. The van der Waals surface area contributed by atoms with E-state index in [9.17, 15) is 8.78 Å². The van der Waals surface area contributed by atoms with Gasteiger partial charge in [-0.15, -0.1) is 0 Å². The van der Waals surface area contributed by atoms with Crippen molar-refractivity contribution in [3.63, 3.8) is 0 Å². The van der Waals surface area contributed by atoms with Crippen LogP contribution >= 0.6 is 0 Å². The number of hydrogen-bond acceptors (Lipinski definition) is 1. The number of benzene rings is 2. The maximum absolute atomic E-state index is 14.0. The number of nitriles is 1. The molecule has 0 saturated carbocycles. The van der Waals surface area contributed by atoms with Gasteiger partial charge in [0.05, 0.1) is 11.6 Å². The van der Waals surface area contributed by atoms with Gasteiger partial charge in [0.1, 0.15) is 0 Å². The highest BCUT2D eigenvalue weighted by Gasteiger charge is 2.11. The number of aryl methyl sites for hydroxylation is 1. The van der Waals surface area contributed by atoms with Crippen molar-refractivity contribution in [3.05, 3.63) is 70.8 Å². The molecule has 3 heteroatoms. The summed E-state index contributed by atoms with van der Waals surface area (Å²) in [5.41, 5.74) is 1.71. The molecule has 0 radical (unpaired) electrons. The van der Waals surface area contributed by atoms with Crippen LogP contribution in [-0.2, 0) is 0 Å². The summed E-state index contributed by atoms with van der Waals surface area (Å²) in [6.45, 7) is 1.88. The summed E-state index contributed by atoms with van der Waals surface area (Å²) in [5.74, 6) is -1.82. The predicted octanol–water partition coefficient (Wildman–Crippen LogP) is 4.63. The third-order valence-corrected chi connectivity index (χ3v) is 2.77. The van der Waals surface area contributed by atoms with Gasteiger partial charge in [0.25, 0.3) is 0 Å². The molecule has 19 heavy (non-hydrogen) atoms. The average molecular weight is 255 g/mol. The van der Waals surface area contributed by atoms with Gasteiger partial charge < -0.3 is 0 Å². The Bertz CT molecular complexity index is 647. The van der Waals surface area contributed by atoms with E-state index in [2.05, 4.69) is 0 Å². The number of hydrogen-bond donors (Lipinski definition) is 0. The molecule has 2 rings (SSSR count). The van der Waals surface area contributed by atoms with Gasteiger partial charge in [-0.3, -0.25) is 0 Å². The SMILES string of the molecule is Cc1ccc(C(F)=C(F)c2ccc(C#N)cc2)cc1. The Morgan fingerprint density at radius 2 is 1.26 bits per heavy atom. The fraction of sp³-hybridized carbons (Fsp3) is 0.0625. The van der Waals surface area contributed by atoms with Crippen LogP contribution in [0.25, 0.3) is 11.7 Å². The topological polar surface area (TPSA) is 23.8 Å². The smallest absolute Gasteiger partial charge is 0.166 e. The monoisotopic (exact) mass is 255 g/mol. The zero-order valence-corrected chi connectivity index (χ0v) is 10.3. The standard InChI is InChI=1S/C16H11F2N/c1-11-2-6-13(7-3-11)15(17)16(18)14-8-4-12(10-19)5-9-14/h2-9H,1H3. The van der Waals surface area contributed by atoms with Crippen molar-refractivity contribution in [3.8, 4) is 6.07 Å². The average Bonchev–Trinajstić information content (AvgIpc) is 2.46. The summed E-state index contributed by atoms with van der Waals surface area (Å²) in [6, 6.07) is 14.1. The van der Waals surface area contributed by atoms with Crippen molar-refractivity contribution in [1.82, 2.24) is 0 Å². The maximum atomic E-state index is 14.0. The van der Waals surface area contributed by atoms with Crippen LogP contribution in [0.15, 0.2) is 48.5 Å². The van der Waals surface area contributed by atoms with Crippen molar-refractivity contribution < 1.29 is 8.78 Å². The number of rotatable bonds is 2. The summed E-state index contributed by atoms with van der Waals surface area (Å²) in [4.78, 5) is 0. The summed E-state index contributed by atoms with van der Waals surface area (Å²) in [6.07, 6.45) is 0. The predicted molar refractivity (Wildman–Crippen MR) is 71.4 cm³/mol. The van der Waals surface area contributed by atoms with Crippen molar-refractivity contribution in [2.45, 2.75) is 6.92 Å². The molecular formula is C16H11F2N. The fourth-order valence-electron chi connectivity index (χ4n) is 1.64. The molecule has 94 valence electrons. The maximum Gasteiger partial charge on any atom is 0.166 e. The molecule has 0 aliphatic rings. The van der Waals surface area contributed by atoms with E-state index in [0.717, 1.165) is 5.56 Å². The van der Waals surface area contributed by atoms with E-state index in [-0.39, 0.29) is 11.1 Å². The van der Waals surface area contributed by atoms with Crippen molar-refractivity contribution in [2.75, 3.05) is 0 Å². The first-order chi connectivity index (χ1) is 9.11. The molecular weight excluding hydrogens is 244 g/mol. The van der Waals surface area contributed by atoms with Crippen LogP contribution in [-0.4, -0.2) is 0 Å². The van der Waals surface area contributed by atoms with Gasteiger partial charge in [0.2, 0.25) is 0 Å². The molecule has 2 aromatic rings. The molecule has 0 aliphatic carbocycles. The number of halogens is 2. The molecule has 0 saturated heterocycles. The minimum absolute atomic E-state index is 0.122. The Kier molecular flexibility index (Phi) is 3.72. The molecule has 0 spiro atoms. The minimum atomic E-state index is -0.923. The van der Waals surface area contributed by atoms with E-state index >= 15 is 0 Å². The largest absolute Gasteiger partial charge is 0.203 e. The van der Waals surface area contributed by atoms with Gasteiger partial charge in [-0.25, -0.2) is 8.78 Å². The lowest BCUT2D eigenvalue weighted by Gasteiger charge is -2.03. The van der Waals surface area contributed by atoms with E-state index < -0.39 is 11.7 Å². The molecule has 1 nitrogen and oxygen atoms in total. The van der Waals surface area contributed by atoms with Gasteiger partial charge in [0, 0.05) is 11.1 Å². The Labute approximate surface area is 110 Å². The molecule has 0 N–H and O–H groups in total. The molecule has 0 unspecified atom stereocenters. The van der Waals surface area contributed by atoms with Crippen LogP contribution in [0.1, 0.15) is 22.3 Å². The summed E-state index contributed by atoms with van der Waals surface area (Å²) < 4.78 is 27.9. The van der Waals surface area contributed by atoms with Crippen molar-refractivity contribution in [2.24, 2.45) is 0 Å².